The van der Waals surface area contributed by atoms with E-state index in [0.29, 0.717) is 13.0 Å². The average Bonchev–Trinajstić information content (AvgIpc) is 3.20. The number of amides is 1. The Labute approximate surface area is 167 Å². The van der Waals surface area contributed by atoms with Crippen LogP contribution in [0.1, 0.15) is 73.0 Å². The molecule has 2 aromatic rings. The minimum Gasteiger partial charge on any atom is -0.367 e. The second kappa shape index (κ2) is 7.72. The summed E-state index contributed by atoms with van der Waals surface area (Å²) in [6, 6.07) is -2.46. The Morgan fingerprint density at radius 2 is 2.07 bits per heavy atom. The summed E-state index contributed by atoms with van der Waals surface area (Å²) >= 11 is 0. The van der Waals surface area contributed by atoms with E-state index in [9.17, 15) is 18.0 Å². The van der Waals surface area contributed by atoms with E-state index < -0.39 is 18.1 Å². The van der Waals surface area contributed by atoms with Crippen LogP contribution in [0.15, 0.2) is 6.20 Å². The number of carbonyl (C=O) groups is 1. The number of alkyl halides is 3. The van der Waals surface area contributed by atoms with E-state index in [2.05, 4.69) is 20.8 Å². The lowest BCUT2D eigenvalue weighted by Crippen LogP contribution is -2.39. The summed E-state index contributed by atoms with van der Waals surface area (Å²) in [6.45, 7) is 10.2. The summed E-state index contributed by atoms with van der Waals surface area (Å²) in [5.74, 6) is -0.347. The minimum absolute atomic E-state index is 0.110. The van der Waals surface area contributed by atoms with Crippen molar-refractivity contribution in [1.29, 1.82) is 0 Å². The third-order valence-electron chi connectivity index (χ3n) is 5.57. The van der Waals surface area contributed by atoms with Gasteiger partial charge in [0.15, 0.2) is 6.04 Å². The average molecular weight is 412 g/mol. The number of hydrogen-bond donors (Lipinski definition) is 2. The predicted molar refractivity (Wildman–Crippen MR) is 103 cm³/mol. The Kier molecular flexibility index (Phi) is 5.64. The first-order valence-electron chi connectivity index (χ1n) is 9.83. The second-order valence-electron chi connectivity index (χ2n) is 7.49. The van der Waals surface area contributed by atoms with Gasteiger partial charge in [-0.05, 0) is 40.5 Å². The lowest BCUT2D eigenvalue weighted by atomic mass is 10.0. The molecule has 0 radical (unpaired) electrons. The molecule has 3 heterocycles. The number of rotatable bonds is 5. The number of nitrogens with one attached hydrogen (secondary N) is 2. The molecule has 1 unspecified atom stereocenters. The van der Waals surface area contributed by atoms with Crippen LogP contribution < -0.4 is 10.6 Å². The highest BCUT2D eigenvalue weighted by Crippen LogP contribution is 2.40. The van der Waals surface area contributed by atoms with E-state index in [4.69, 9.17) is 0 Å². The molecule has 1 aliphatic heterocycles. The van der Waals surface area contributed by atoms with Crippen molar-refractivity contribution in [3.05, 3.63) is 28.7 Å². The van der Waals surface area contributed by atoms with E-state index in [1.807, 2.05) is 39.3 Å². The van der Waals surface area contributed by atoms with Crippen molar-refractivity contribution < 1.29 is 18.0 Å². The molecule has 3 rings (SSSR count). The van der Waals surface area contributed by atoms with Crippen LogP contribution in [0.2, 0.25) is 0 Å². The van der Waals surface area contributed by atoms with E-state index in [0.717, 1.165) is 21.6 Å². The van der Waals surface area contributed by atoms with Crippen LogP contribution in [0.25, 0.3) is 0 Å². The number of halogens is 3. The molecule has 0 spiro atoms. The van der Waals surface area contributed by atoms with Crippen molar-refractivity contribution in [2.75, 3.05) is 5.32 Å². The lowest BCUT2D eigenvalue weighted by Gasteiger charge is -2.33. The fourth-order valence-corrected chi connectivity index (χ4v) is 4.06. The van der Waals surface area contributed by atoms with Gasteiger partial charge >= 0.3 is 6.18 Å². The first-order valence-corrected chi connectivity index (χ1v) is 9.83. The molecule has 1 amide bonds. The fraction of sp³-hybridized carbons (Fsp3) is 0.632. The maximum Gasteiger partial charge on any atom is 0.410 e. The molecule has 0 bridgehead atoms. The molecule has 10 heteroatoms. The van der Waals surface area contributed by atoms with Crippen LogP contribution in [-0.2, 0) is 6.54 Å². The molecule has 0 saturated carbocycles. The van der Waals surface area contributed by atoms with Crippen LogP contribution in [0.5, 0.6) is 0 Å². The molecule has 1 aliphatic rings. The van der Waals surface area contributed by atoms with Crippen LogP contribution >= 0.6 is 0 Å². The Morgan fingerprint density at radius 3 is 2.62 bits per heavy atom. The van der Waals surface area contributed by atoms with Gasteiger partial charge in [-0.25, -0.2) is 4.68 Å². The van der Waals surface area contributed by atoms with Crippen molar-refractivity contribution in [3.63, 3.8) is 0 Å². The lowest BCUT2D eigenvalue weighted by molar-refractivity contribution is -0.173. The zero-order chi connectivity index (χ0) is 21.5. The molecule has 0 saturated heterocycles. The maximum absolute atomic E-state index is 13.5. The molecule has 2 N–H and O–H groups in total. The zero-order valence-electron chi connectivity index (χ0n) is 17.3. The van der Waals surface area contributed by atoms with Crippen molar-refractivity contribution in [3.8, 4) is 0 Å². The number of hydrogen-bond acceptors (Lipinski definition) is 4. The van der Waals surface area contributed by atoms with Crippen molar-refractivity contribution in [2.45, 2.75) is 78.3 Å². The number of aromatic nitrogens is 4. The molecule has 2 aromatic heterocycles. The third-order valence-corrected chi connectivity index (χ3v) is 5.57. The largest absolute Gasteiger partial charge is 0.410 e. The van der Waals surface area contributed by atoms with E-state index in [1.54, 1.807) is 0 Å². The summed E-state index contributed by atoms with van der Waals surface area (Å²) in [6.07, 6.45) is -2.82. The Hall–Kier alpha value is -2.52. The monoisotopic (exact) mass is 412 g/mol. The summed E-state index contributed by atoms with van der Waals surface area (Å²) < 4.78 is 43.2. The van der Waals surface area contributed by atoms with E-state index in [-0.39, 0.29) is 29.9 Å². The van der Waals surface area contributed by atoms with Gasteiger partial charge in [0.05, 0.1) is 17.9 Å². The first-order chi connectivity index (χ1) is 13.6. The first kappa shape index (κ1) is 21.2. The van der Waals surface area contributed by atoms with E-state index >= 15 is 0 Å². The van der Waals surface area contributed by atoms with E-state index in [1.165, 1.54) is 6.20 Å². The van der Waals surface area contributed by atoms with Gasteiger partial charge in [0, 0.05) is 23.8 Å². The second-order valence-corrected chi connectivity index (χ2v) is 7.49. The van der Waals surface area contributed by atoms with Gasteiger partial charge in [-0.15, -0.1) is 0 Å². The molecule has 0 fully saturated rings. The van der Waals surface area contributed by atoms with Crippen LogP contribution in [0.4, 0.5) is 19.0 Å². The summed E-state index contributed by atoms with van der Waals surface area (Å²) in [5, 5.41) is 14.3. The predicted octanol–water partition coefficient (Wildman–Crippen LogP) is 3.90. The fourth-order valence-electron chi connectivity index (χ4n) is 4.06. The van der Waals surface area contributed by atoms with Gasteiger partial charge < -0.3 is 10.6 Å². The molecule has 0 aliphatic carbocycles. The van der Waals surface area contributed by atoms with Gasteiger partial charge in [0.2, 0.25) is 0 Å². The smallest absolute Gasteiger partial charge is 0.367 e. The topological polar surface area (TPSA) is 76.8 Å². The Morgan fingerprint density at radius 1 is 1.38 bits per heavy atom. The third kappa shape index (κ3) is 3.84. The maximum atomic E-state index is 13.5. The van der Waals surface area contributed by atoms with Gasteiger partial charge in [-0.3, -0.25) is 9.48 Å². The number of fused-ring (bicyclic) bond motifs is 1. The SMILES string of the molecule is CC[C@H]1C[C@@H](C(F)(F)F)n2ncc(C(=O)NC(C)c3c(C)nn(CC)c3C)c2N1. The van der Waals surface area contributed by atoms with Crippen molar-refractivity contribution in [1.82, 2.24) is 24.9 Å². The number of anilines is 1. The highest BCUT2D eigenvalue weighted by Gasteiger charge is 2.46. The number of aryl methyl sites for hydroxylation is 2. The molecule has 3 atom stereocenters. The molecule has 7 nitrogen and oxygen atoms in total. The number of carbonyl (C=O) groups excluding carboxylic acids is 1. The van der Waals surface area contributed by atoms with Gasteiger partial charge in [0.25, 0.3) is 5.91 Å². The molecule has 29 heavy (non-hydrogen) atoms. The minimum atomic E-state index is -4.43. The normalized spacial score (nSPS) is 20.1. The highest BCUT2D eigenvalue weighted by atomic mass is 19.4. The highest BCUT2D eigenvalue weighted by molar-refractivity contribution is 5.99. The van der Waals surface area contributed by atoms with Gasteiger partial charge in [-0.1, -0.05) is 6.92 Å². The van der Waals surface area contributed by atoms with Gasteiger partial charge in [-0.2, -0.15) is 23.4 Å². The van der Waals surface area contributed by atoms with Crippen LogP contribution in [0.3, 0.4) is 0 Å². The zero-order valence-corrected chi connectivity index (χ0v) is 17.3. The van der Waals surface area contributed by atoms with Crippen molar-refractivity contribution in [2.24, 2.45) is 0 Å². The molecule has 0 aromatic carbocycles. The standard InChI is InChI=1S/C19H27F3N6O/c1-6-13-8-15(19(20,21)22)28-17(25-13)14(9-23-28)18(29)24-10(3)16-11(4)26-27(7-2)12(16)5/h9-10,13,15,25H,6-8H2,1-5H3,(H,24,29)/t10?,13-,15-/m0/s1. The quantitative estimate of drug-likeness (QED) is 0.781. The van der Waals surface area contributed by atoms with Crippen LogP contribution in [-0.4, -0.2) is 37.7 Å². The molecule has 160 valence electrons. The van der Waals surface area contributed by atoms with Crippen molar-refractivity contribution >= 4 is 11.7 Å². The summed E-state index contributed by atoms with van der Waals surface area (Å²) in [7, 11) is 0. The molecular formula is C19H27F3N6O. The Bertz CT molecular complexity index is 901. The summed E-state index contributed by atoms with van der Waals surface area (Å²) in [4.78, 5) is 12.9. The Balaban J connectivity index is 1.88. The van der Waals surface area contributed by atoms with Crippen LogP contribution in [0, 0.1) is 13.8 Å². The van der Waals surface area contributed by atoms with Gasteiger partial charge in [0.1, 0.15) is 11.4 Å². The number of nitrogens with zero attached hydrogens (tertiary/aromatic N) is 4. The summed E-state index contributed by atoms with van der Waals surface area (Å²) in [5.41, 5.74) is 2.79. The molecular weight excluding hydrogens is 385 g/mol.